The molecule has 0 spiro atoms. The molecule has 0 aliphatic carbocycles. The Morgan fingerprint density at radius 2 is 2.18 bits per heavy atom. The fourth-order valence-electron chi connectivity index (χ4n) is 1.75. The van der Waals surface area contributed by atoms with Crippen molar-refractivity contribution in [2.24, 2.45) is 0 Å². The van der Waals surface area contributed by atoms with Crippen LogP contribution in [-0.4, -0.2) is 33.1 Å². The van der Waals surface area contributed by atoms with E-state index < -0.39 is 11.9 Å². The minimum atomic E-state index is -0.956. The van der Waals surface area contributed by atoms with E-state index in [1.54, 1.807) is 13.1 Å². The third-order valence-electron chi connectivity index (χ3n) is 2.41. The summed E-state index contributed by atoms with van der Waals surface area (Å²) in [5.74, 6) is -1.44. The Morgan fingerprint density at radius 1 is 1.53 bits per heavy atom. The number of hydrogen-bond donors (Lipinski definition) is 1. The molecule has 0 unspecified atom stereocenters. The highest BCUT2D eigenvalue weighted by Gasteiger charge is 2.21. The number of carboxylic acids is 1. The minimum absolute atomic E-state index is 0.172. The molecule has 0 radical (unpaired) electrons. The predicted octanol–water partition coefficient (Wildman–Crippen LogP) is 1.65. The number of carboxylic acid groups (broad SMARTS) is 1. The van der Waals surface area contributed by atoms with Crippen molar-refractivity contribution in [3.63, 3.8) is 0 Å². The molecular weight excluding hydrogens is 337 g/mol. The zero-order valence-corrected chi connectivity index (χ0v) is 11.9. The summed E-state index contributed by atoms with van der Waals surface area (Å²) < 4.78 is 7.34. The average Bonchev–Trinajstić information content (AvgIpc) is 2.54. The fraction of sp³-hybridized carbons (Fsp3) is 0.455. The number of rotatable bonds is 5. The second-order valence-corrected chi connectivity index (χ2v) is 4.66. The molecule has 94 valence electrons. The number of alkyl halides is 1. The van der Waals surface area contributed by atoms with Crippen LogP contribution in [0.4, 0.5) is 0 Å². The molecular formula is C11H14INO4. The Hall–Kier alpha value is -1.05. The zero-order chi connectivity index (χ0) is 13.0. The van der Waals surface area contributed by atoms with Gasteiger partial charge in [0.1, 0.15) is 0 Å². The molecule has 0 aliphatic rings. The van der Waals surface area contributed by atoms with E-state index in [9.17, 15) is 9.59 Å². The van der Waals surface area contributed by atoms with Gasteiger partial charge in [-0.15, -0.1) is 0 Å². The lowest BCUT2D eigenvalue weighted by atomic mass is 10.1. The molecule has 5 nitrogen and oxygen atoms in total. The van der Waals surface area contributed by atoms with Gasteiger partial charge in [-0.3, -0.25) is 4.79 Å². The van der Waals surface area contributed by atoms with Crippen molar-refractivity contribution >= 4 is 34.5 Å². The summed E-state index contributed by atoms with van der Waals surface area (Å²) >= 11 is 2.20. The lowest BCUT2D eigenvalue weighted by molar-refractivity contribution is -0.136. The average molecular weight is 351 g/mol. The van der Waals surface area contributed by atoms with Crippen molar-refractivity contribution in [3.8, 4) is 0 Å². The van der Waals surface area contributed by atoms with Crippen LogP contribution in [0.5, 0.6) is 0 Å². The van der Waals surface area contributed by atoms with Gasteiger partial charge in [0.25, 0.3) is 0 Å². The minimum Gasteiger partial charge on any atom is -0.481 e. The number of carbonyl (C=O) groups excluding carboxylic acids is 1. The molecule has 0 saturated heterocycles. The topological polar surface area (TPSA) is 68.5 Å². The first-order valence-electron chi connectivity index (χ1n) is 5.06. The Balaban J connectivity index is 3.25. The highest BCUT2D eigenvalue weighted by atomic mass is 127. The van der Waals surface area contributed by atoms with E-state index in [2.05, 4.69) is 27.3 Å². The number of aromatic nitrogens is 1. The zero-order valence-electron chi connectivity index (χ0n) is 9.70. The van der Waals surface area contributed by atoms with Crippen LogP contribution in [-0.2, 0) is 22.5 Å². The number of aliphatic carboxylic acids is 1. The van der Waals surface area contributed by atoms with Crippen molar-refractivity contribution in [1.82, 2.24) is 4.57 Å². The van der Waals surface area contributed by atoms with Gasteiger partial charge >= 0.3 is 11.9 Å². The standard InChI is InChI=1S/C11H14INO4/c1-7-6-13(4-3-12)8(5-9(14)15)10(7)11(16)17-2/h6H,3-5H2,1-2H3,(H,14,15). The number of halogens is 1. The van der Waals surface area contributed by atoms with Crippen LogP contribution in [0.2, 0.25) is 0 Å². The van der Waals surface area contributed by atoms with Crippen LogP contribution in [0.15, 0.2) is 6.20 Å². The molecule has 1 rings (SSSR count). The molecule has 6 heteroatoms. The first kappa shape index (κ1) is 14.0. The van der Waals surface area contributed by atoms with E-state index in [-0.39, 0.29) is 6.42 Å². The summed E-state index contributed by atoms with van der Waals surface area (Å²) in [6.45, 7) is 2.46. The summed E-state index contributed by atoms with van der Waals surface area (Å²) in [4.78, 5) is 22.5. The third kappa shape index (κ3) is 3.21. The normalized spacial score (nSPS) is 10.3. The van der Waals surface area contributed by atoms with Crippen LogP contribution in [0.25, 0.3) is 0 Å². The van der Waals surface area contributed by atoms with Crippen LogP contribution in [0.1, 0.15) is 21.6 Å². The molecule has 0 atom stereocenters. The van der Waals surface area contributed by atoms with Crippen molar-refractivity contribution in [1.29, 1.82) is 0 Å². The molecule has 0 fully saturated rings. The molecule has 1 heterocycles. The summed E-state index contributed by atoms with van der Waals surface area (Å²) in [6, 6.07) is 0. The number of nitrogens with zero attached hydrogens (tertiary/aromatic N) is 1. The summed E-state index contributed by atoms with van der Waals surface area (Å²) in [5.41, 5.74) is 1.64. The van der Waals surface area contributed by atoms with Crippen molar-refractivity contribution in [3.05, 3.63) is 23.0 Å². The smallest absolute Gasteiger partial charge is 0.339 e. The van der Waals surface area contributed by atoms with Crippen molar-refractivity contribution in [2.75, 3.05) is 11.5 Å². The lowest BCUT2D eigenvalue weighted by Crippen LogP contribution is -2.13. The van der Waals surface area contributed by atoms with Crippen molar-refractivity contribution < 1.29 is 19.4 Å². The first-order chi connectivity index (χ1) is 8.01. The van der Waals surface area contributed by atoms with E-state index in [0.29, 0.717) is 17.8 Å². The Labute approximate surface area is 113 Å². The number of esters is 1. The van der Waals surface area contributed by atoms with E-state index in [0.717, 1.165) is 9.99 Å². The maximum absolute atomic E-state index is 11.6. The van der Waals surface area contributed by atoms with Gasteiger partial charge in [-0.2, -0.15) is 0 Å². The molecule has 1 aromatic rings. The number of hydrogen-bond acceptors (Lipinski definition) is 3. The van der Waals surface area contributed by atoms with E-state index >= 15 is 0 Å². The number of aryl methyl sites for hydroxylation is 2. The molecule has 0 bridgehead atoms. The Bertz CT molecular complexity index is 439. The van der Waals surface area contributed by atoms with Gasteiger partial charge in [-0.25, -0.2) is 4.79 Å². The summed E-state index contributed by atoms with van der Waals surface area (Å²) in [7, 11) is 1.29. The Kier molecular flexibility index (Phi) is 4.98. The lowest BCUT2D eigenvalue weighted by Gasteiger charge is -2.07. The Morgan fingerprint density at radius 3 is 2.65 bits per heavy atom. The second kappa shape index (κ2) is 6.04. The van der Waals surface area contributed by atoms with Gasteiger partial charge in [0.05, 0.1) is 19.1 Å². The van der Waals surface area contributed by atoms with Crippen LogP contribution in [0, 0.1) is 6.92 Å². The number of methoxy groups -OCH3 is 1. The maximum Gasteiger partial charge on any atom is 0.339 e. The number of carbonyl (C=O) groups is 2. The van der Waals surface area contributed by atoms with Gasteiger partial charge in [-0.05, 0) is 12.5 Å². The maximum atomic E-state index is 11.6. The molecule has 0 amide bonds. The van der Waals surface area contributed by atoms with Crippen LogP contribution < -0.4 is 0 Å². The first-order valence-corrected chi connectivity index (χ1v) is 6.58. The molecule has 0 aliphatic heterocycles. The molecule has 1 aromatic heterocycles. The third-order valence-corrected chi connectivity index (χ3v) is 2.90. The SMILES string of the molecule is COC(=O)c1c(C)cn(CCI)c1CC(=O)O. The van der Waals surface area contributed by atoms with E-state index in [1.165, 1.54) is 7.11 Å². The van der Waals surface area contributed by atoms with Gasteiger partial charge in [0, 0.05) is 22.9 Å². The molecule has 0 aromatic carbocycles. The molecule has 17 heavy (non-hydrogen) atoms. The van der Waals surface area contributed by atoms with E-state index in [4.69, 9.17) is 5.11 Å². The highest BCUT2D eigenvalue weighted by molar-refractivity contribution is 14.1. The second-order valence-electron chi connectivity index (χ2n) is 3.58. The fourth-order valence-corrected chi connectivity index (χ4v) is 2.27. The van der Waals surface area contributed by atoms with Gasteiger partial charge < -0.3 is 14.4 Å². The largest absolute Gasteiger partial charge is 0.481 e. The molecule has 0 saturated carbocycles. The summed E-state index contributed by atoms with van der Waals surface area (Å²) in [5, 5.41) is 8.88. The van der Waals surface area contributed by atoms with Gasteiger partial charge in [-0.1, -0.05) is 22.6 Å². The predicted molar refractivity (Wildman–Crippen MR) is 70.7 cm³/mol. The van der Waals surface area contributed by atoms with Crippen LogP contribution in [0.3, 0.4) is 0 Å². The van der Waals surface area contributed by atoms with Crippen LogP contribution >= 0.6 is 22.6 Å². The highest BCUT2D eigenvalue weighted by Crippen LogP contribution is 2.19. The van der Waals surface area contributed by atoms with Gasteiger partial charge in [0.2, 0.25) is 0 Å². The quantitative estimate of drug-likeness (QED) is 0.498. The molecule has 1 N–H and O–H groups in total. The van der Waals surface area contributed by atoms with E-state index in [1.807, 2.05) is 4.57 Å². The number of ether oxygens (including phenoxy) is 1. The van der Waals surface area contributed by atoms with Crippen molar-refractivity contribution in [2.45, 2.75) is 19.9 Å². The monoisotopic (exact) mass is 351 g/mol. The van der Waals surface area contributed by atoms with Gasteiger partial charge in [0.15, 0.2) is 0 Å². The summed E-state index contributed by atoms with van der Waals surface area (Å²) in [6.07, 6.45) is 1.62.